The lowest BCUT2D eigenvalue weighted by Gasteiger charge is -2.29. The van der Waals surface area contributed by atoms with Crippen LogP contribution in [0.1, 0.15) is 24.8 Å². The molecule has 3 rings (SSSR count). The van der Waals surface area contributed by atoms with Crippen LogP contribution in [0.2, 0.25) is 0 Å². The molecule has 2 heterocycles. The molecule has 1 aromatic carbocycles. The van der Waals surface area contributed by atoms with Gasteiger partial charge < -0.3 is 9.80 Å². The fourth-order valence-corrected chi connectivity index (χ4v) is 5.66. The molecule has 0 aliphatic carbocycles. The van der Waals surface area contributed by atoms with Crippen LogP contribution in [0.5, 0.6) is 0 Å². The average molecular weight is 437 g/mol. The number of carbonyl (C=O) groups excluding carboxylic acids is 2. The van der Waals surface area contributed by atoms with Crippen LogP contribution in [0, 0.1) is 6.92 Å². The number of benzene rings is 1. The van der Waals surface area contributed by atoms with E-state index in [4.69, 9.17) is 0 Å². The zero-order valence-corrected chi connectivity index (χ0v) is 18.9. The summed E-state index contributed by atoms with van der Waals surface area (Å²) in [5.41, 5.74) is 0.991. The van der Waals surface area contributed by atoms with E-state index in [1.807, 2.05) is 6.92 Å². The summed E-state index contributed by atoms with van der Waals surface area (Å²) in [5, 5.41) is 0. The number of hydrogen-bond donors (Lipinski definition) is 0. The highest BCUT2D eigenvalue weighted by Crippen LogP contribution is 2.27. The van der Waals surface area contributed by atoms with E-state index in [2.05, 4.69) is 4.90 Å². The Labute approximate surface area is 179 Å². The van der Waals surface area contributed by atoms with E-state index in [9.17, 15) is 18.0 Å². The standard InChI is InChI=1S/C21H32N4O4S/c1-17-7-9-18(10-8-17)30(28,29)25-13-4-6-19(25)21(27)24-12-5-11-23(14-15-24)16-20(26)22(2)3/h7-10,19H,4-6,11-16H2,1-3H3/t19-/m0/s1. The van der Waals surface area contributed by atoms with Gasteiger partial charge in [-0.2, -0.15) is 4.31 Å². The minimum absolute atomic E-state index is 0.0425. The smallest absolute Gasteiger partial charge is 0.243 e. The normalized spacial score (nSPS) is 21.4. The fraction of sp³-hybridized carbons (Fsp3) is 0.619. The minimum atomic E-state index is -3.71. The van der Waals surface area contributed by atoms with Crippen molar-refractivity contribution < 1.29 is 18.0 Å². The maximum absolute atomic E-state index is 13.3. The van der Waals surface area contributed by atoms with Crippen molar-refractivity contribution in [2.75, 3.05) is 53.4 Å². The number of nitrogens with zero attached hydrogens (tertiary/aromatic N) is 4. The van der Waals surface area contributed by atoms with Crippen LogP contribution in [0.4, 0.5) is 0 Å². The Morgan fingerprint density at radius 3 is 2.37 bits per heavy atom. The number of aryl methyl sites for hydroxylation is 1. The molecular formula is C21H32N4O4S. The summed E-state index contributed by atoms with van der Waals surface area (Å²) < 4.78 is 27.7. The first-order valence-corrected chi connectivity index (χ1v) is 11.9. The van der Waals surface area contributed by atoms with Gasteiger partial charge in [-0.05, 0) is 38.3 Å². The highest BCUT2D eigenvalue weighted by Gasteiger charge is 2.41. The van der Waals surface area contributed by atoms with Gasteiger partial charge in [0.05, 0.1) is 11.4 Å². The maximum Gasteiger partial charge on any atom is 0.243 e. The zero-order valence-electron chi connectivity index (χ0n) is 18.1. The molecular weight excluding hydrogens is 404 g/mol. The molecule has 0 unspecified atom stereocenters. The summed E-state index contributed by atoms with van der Waals surface area (Å²) >= 11 is 0. The lowest BCUT2D eigenvalue weighted by Crippen LogP contribution is -2.48. The number of amides is 2. The van der Waals surface area contributed by atoms with Gasteiger partial charge in [0.1, 0.15) is 6.04 Å². The molecule has 0 aromatic heterocycles. The third-order valence-electron chi connectivity index (χ3n) is 5.87. The number of likely N-dealkylation sites (N-methyl/N-ethyl adjacent to an activating group) is 1. The van der Waals surface area contributed by atoms with Crippen molar-refractivity contribution in [2.45, 2.75) is 37.1 Å². The van der Waals surface area contributed by atoms with Gasteiger partial charge in [-0.25, -0.2) is 8.42 Å². The molecule has 8 nitrogen and oxygen atoms in total. The number of rotatable bonds is 5. The lowest BCUT2D eigenvalue weighted by atomic mass is 10.2. The first-order chi connectivity index (χ1) is 14.2. The summed E-state index contributed by atoms with van der Waals surface area (Å²) in [4.78, 5) is 30.9. The monoisotopic (exact) mass is 436 g/mol. The number of hydrogen-bond acceptors (Lipinski definition) is 5. The minimum Gasteiger partial charge on any atom is -0.348 e. The molecule has 2 aliphatic heterocycles. The van der Waals surface area contributed by atoms with Gasteiger partial charge in [0.25, 0.3) is 0 Å². The maximum atomic E-state index is 13.3. The van der Waals surface area contributed by atoms with Crippen LogP contribution in [0.25, 0.3) is 0 Å². The third-order valence-corrected chi connectivity index (χ3v) is 7.80. The van der Waals surface area contributed by atoms with E-state index in [1.165, 1.54) is 4.31 Å². The molecule has 0 radical (unpaired) electrons. The SMILES string of the molecule is Cc1ccc(S(=O)(=O)N2CCC[C@H]2C(=O)N2CCCN(CC(=O)N(C)C)CC2)cc1. The van der Waals surface area contributed by atoms with Crippen LogP contribution >= 0.6 is 0 Å². The van der Waals surface area contributed by atoms with E-state index < -0.39 is 16.1 Å². The van der Waals surface area contributed by atoms with Crippen LogP contribution in [0.3, 0.4) is 0 Å². The molecule has 0 N–H and O–H groups in total. The Morgan fingerprint density at radius 1 is 1.00 bits per heavy atom. The second kappa shape index (κ2) is 9.45. The zero-order chi connectivity index (χ0) is 21.9. The molecule has 9 heteroatoms. The Bertz CT molecular complexity index is 869. The molecule has 30 heavy (non-hydrogen) atoms. The molecule has 1 atom stereocenters. The fourth-order valence-electron chi connectivity index (χ4n) is 4.01. The van der Waals surface area contributed by atoms with Crippen LogP contribution < -0.4 is 0 Å². The van der Waals surface area contributed by atoms with Gasteiger partial charge >= 0.3 is 0 Å². The Morgan fingerprint density at radius 2 is 1.70 bits per heavy atom. The summed E-state index contributed by atoms with van der Waals surface area (Å²) in [5.74, 6) is -0.0788. The van der Waals surface area contributed by atoms with Gasteiger partial charge in [0.2, 0.25) is 21.8 Å². The van der Waals surface area contributed by atoms with Gasteiger partial charge in [-0.3, -0.25) is 14.5 Å². The Balaban J connectivity index is 1.68. The topological polar surface area (TPSA) is 81.2 Å². The van der Waals surface area contributed by atoms with E-state index in [0.717, 1.165) is 18.5 Å². The summed E-state index contributed by atoms with van der Waals surface area (Å²) in [7, 11) is -0.238. The van der Waals surface area contributed by atoms with E-state index >= 15 is 0 Å². The predicted molar refractivity (Wildman–Crippen MR) is 114 cm³/mol. The quantitative estimate of drug-likeness (QED) is 0.681. The molecule has 0 bridgehead atoms. The van der Waals surface area contributed by atoms with E-state index in [-0.39, 0.29) is 16.7 Å². The molecule has 0 saturated carbocycles. The van der Waals surface area contributed by atoms with Gasteiger partial charge in [-0.1, -0.05) is 17.7 Å². The van der Waals surface area contributed by atoms with E-state index in [1.54, 1.807) is 48.2 Å². The summed E-state index contributed by atoms with van der Waals surface area (Å²) in [6, 6.07) is 6.12. The van der Waals surface area contributed by atoms with Crippen molar-refractivity contribution >= 4 is 21.8 Å². The second-order valence-electron chi connectivity index (χ2n) is 8.33. The second-order valence-corrected chi connectivity index (χ2v) is 10.2. The Kier molecular flexibility index (Phi) is 7.15. The molecule has 1 aromatic rings. The van der Waals surface area contributed by atoms with Crippen LogP contribution in [-0.2, 0) is 19.6 Å². The van der Waals surface area contributed by atoms with Crippen molar-refractivity contribution in [1.29, 1.82) is 0 Å². The largest absolute Gasteiger partial charge is 0.348 e. The summed E-state index contributed by atoms with van der Waals surface area (Å²) in [6.07, 6.45) is 1.99. The van der Waals surface area contributed by atoms with Crippen molar-refractivity contribution in [3.8, 4) is 0 Å². The highest BCUT2D eigenvalue weighted by molar-refractivity contribution is 7.89. The van der Waals surface area contributed by atoms with Crippen LogP contribution in [0.15, 0.2) is 29.2 Å². The van der Waals surface area contributed by atoms with Crippen molar-refractivity contribution in [2.24, 2.45) is 0 Å². The molecule has 0 spiro atoms. The van der Waals surface area contributed by atoms with E-state index in [0.29, 0.717) is 45.6 Å². The van der Waals surface area contributed by atoms with Gasteiger partial charge in [-0.15, -0.1) is 0 Å². The molecule has 166 valence electrons. The predicted octanol–water partition coefficient (Wildman–Crippen LogP) is 0.771. The molecule has 2 amide bonds. The first-order valence-electron chi connectivity index (χ1n) is 10.5. The molecule has 2 aliphatic rings. The lowest BCUT2D eigenvalue weighted by molar-refractivity contribution is -0.134. The Hall–Kier alpha value is -1.97. The van der Waals surface area contributed by atoms with Crippen LogP contribution in [-0.4, -0.2) is 98.6 Å². The first kappa shape index (κ1) is 22.7. The highest BCUT2D eigenvalue weighted by atomic mass is 32.2. The van der Waals surface area contributed by atoms with Crippen molar-refractivity contribution in [3.05, 3.63) is 29.8 Å². The average Bonchev–Trinajstić information content (AvgIpc) is 3.09. The summed E-state index contributed by atoms with van der Waals surface area (Å²) in [6.45, 7) is 5.07. The van der Waals surface area contributed by atoms with Gasteiger partial charge in [0, 0.05) is 46.8 Å². The van der Waals surface area contributed by atoms with Gasteiger partial charge in [0.15, 0.2) is 0 Å². The van der Waals surface area contributed by atoms with Crippen molar-refractivity contribution in [1.82, 2.24) is 19.0 Å². The molecule has 2 fully saturated rings. The number of sulfonamides is 1. The third kappa shape index (κ3) is 5.01. The molecule has 2 saturated heterocycles. The van der Waals surface area contributed by atoms with Crippen molar-refractivity contribution in [3.63, 3.8) is 0 Å². The number of carbonyl (C=O) groups is 2.